The number of hydrogen-bond acceptors (Lipinski definition) is 5. The second kappa shape index (κ2) is 12.7. The van der Waals surface area contributed by atoms with Gasteiger partial charge in [0.15, 0.2) is 0 Å². The van der Waals surface area contributed by atoms with E-state index in [1.165, 1.54) is 12.8 Å². The van der Waals surface area contributed by atoms with Crippen molar-refractivity contribution in [3.8, 4) is 0 Å². The molecule has 8 nitrogen and oxygen atoms in total. The van der Waals surface area contributed by atoms with Crippen LogP contribution in [0.1, 0.15) is 40.0 Å². The summed E-state index contributed by atoms with van der Waals surface area (Å²) in [7, 11) is 0. The highest BCUT2D eigenvalue weighted by atomic mass is 16.2. The van der Waals surface area contributed by atoms with Crippen molar-refractivity contribution in [1.29, 1.82) is 0 Å². The van der Waals surface area contributed by atoms with Crippen molar-refractivity contribution < 1.29 is 14.4 Å². The Hall–Kier alpha value is -1.67. The van der Waals surface area contributed by atoms with Gasteiger partial charge in [-0.2, -0.15) is 0 Å². The molecule has 2 heterocycles. The SMILES string of the molecule is CCN(CC)C(=O)CN.CCN1CC(=O)N(CCC2CCNCC2)CC1=O. The van der Waals surface area contributed by atoms with Gasteiger partial charge in [0.1, 0.15) is 0 Å². The van der Waals surface area contributed by atoms with Crippen molar-refractivity contribution in [2.75, 3.05) is 58.9 Å². The van der Waals surface area contributed by atoms with Gasteiger partial charge >= 0.3 is 0 Å². The predicted octanol–water partition coefficient (Wildman–Crippen LogP) is -0.120. The van der Waals surface area contributed by atoms with Crippen LogP contribution in [0, 0.1) is 5.92 Å². The molecule has 27 heavy (non-hydrogen) atoms. The zero-order chi connectivity index (χ0) is 20.2. The van der Waals surface area contributed by atoms with E-state index in [4.69, 9.17) is 5.73 Å². The van der Waals surface area contributed by atoms with Gasteiger partial charge in [-0.15, -0.1) is 0 Å². The van der Waals surface area contributed by atoms with Crippen LogP contribution in [0.25, 0.3) is 0 Å². The molecule has 3 amide bonds. The van der Waals surface area contributed by atoms with E-state index >= 15 is 0 Å². The van der Waals surface area contributed by atoms with E-state index in [1.54, 1.807) is 14.7 Å². The summed E-state index contributed by atoms with van der Waals surface area (Å²) < 4.78 is 0. The summed E-state index contributed by atoms with van der Waals surface area (Å²) in [5.41, 5.74) is 5.13. The smallest absolute Gasteiger partial charge is 0.242 e. The Balaban J connectivity index is 0.000000345. The molecule has 2 aliphatic rings. The summed E-state index contributed by atoms with van der Waals surface area (Å²) in [6.07, 6.45) is 3.42. The van der Waals surface area contributed by atoms with E-state index in [0.29, 0.717) is 12.5 Å². The highest BCUT2D eigenvalue weighted by Crippen LogP contribution is 2.17. The number of hydrogen-bond donors (Lipinski definition) is 2. The molecule has 0 bridgehead atoms. The summed E-state index contributed by atoms with van der Waals surface area (Å²) in [6.45, 7) is 11.5. The van der Waals surface area contributed by atoms with E-state index in [1.807, 2.05) is 20.8 Å². The van der Waals surface area contributed by atoms with E-state index in [2.05, 4.69) is 5.32 Å². The van der Waals surface area contributed by atoms with Crippen molar-refractivity contribution in [2.24, 2.45) is 11.7 Å². The van der Waals surface area contributed by atoms with Crippen molar-refractivity contribution in [3.05, 3.63) is 0 Å². The molecule has 2 aliphatic heterocycles. The molecule has 0 aromatic rings. The summed E-state index contributed by atoms with van der Waals surface area (Å²) >= 11 is 0. The summed E-state index contributed by atoms with van der Waals surface area (Å²) in [6, 6.07) is 0. The molecular weight excluding hydrogens is 346 g/mol. The first-order valence-corrected chi connectivity index (χ1v) is 10.2. The van der Waals surface area contributed by atoms with Crippen LogP contribution in [0.3, 0.4) is 0 Å². The lowest BCUT2D eigenvalue weighted by molar-refractivity contribution is -0.150. The Kier molecular flexibility index (Phi) is 11.0. The maximum absolute atomic E-state index is 11.9. The number of piperazine rings is 1. The van der Waals surface area contributed by atoms with E-state index < -0.39 is 0 Å². The largest absolute Gasteiger partial charge is 0.342 e. The van der Waals surface area contributed by atoms with Crippen LogP contribution in [0.4, 0.5) is 0 Å². The molecule has 0 aliphatic carbocycles. The average molecular weight is 384 g/mol. The minimum absolute atomic E-state index is 0.0278. The van der Waals surface area contributed by atoms with Gasteiger partial charge in [-0.3, -0.25) is 14.4 Å². The first kappa shape index (κ1) is 23.4. The number of likely N-dealkylation sites (N-methyl/N-ethyl adjacent to an activating group) is 2. The Morgan fingerprint density at radius 2 is 1.63 bits per heavy atom. The molecule has 0 unspecified atom stereocenters. The van der Waals surface area contributed by atoms with Crippen LogP contribution >= 0.6 is 0 Å². The number of nitrogens with one attached hydrogen (secondary N) is 1. The fourth-order valence-electron chi connectivity index (χ4n) is 3.41. The molecule has 0 saturated carbocycles. The monoisotopic (exact) mass is 383 g/mol. The molecule has 2 saturated heterocycles. The van der Waals surface area contributed by atoms with Crippen molar-refractivity contribution >= 4 is 17.7 Å². The van der Waals surface area contributed by atoms with Crippen LogP contribution < -0.4 is 11.1 Å². The average Bonchev–Trinajstić information content (AvgIpc) is 2.70. The molecule has 0 spiro atoms. The molecule has 156 valence electrons. The minimum atomic E-state index is 0.0278. The molecule has 8 heteroatoms. The molecular formula is C19H37N5O3. The van der Waals surface area contributed by atoms with Gasteiger partial charge in [0.05, 0.1) is 19.6 Å². The Labute approximate surface area is 163 Å². The number of carbonyl (C=O) groups is 3. The Morgan fingerprint density at radius 3 is 2.11 bits per heavy atom. The van der Waals surface area contributed by atoms with Crippen molar-refractivity contribution in [1.82, 2.24) is 20.0 Å². The van der Waals surface area contributed by atoms with E-state index in [-0.39, 0.29) is 37.4 Å². The first-order valence-electron chi connectivity index (χ1n) is 10.2. The lowest BCUT2D eigenvalue weighted by Crippen LogP contribution is -2.53. The molecule has 2 fully saturated rings. The maximum atomic E-state index is 11.9. The number of rotatable bonds is 7. The zero-order valence-corrected chi connectivity index (χ0v) is 17.2. The number of carbonyl (C=O) groups excluding carboxylic acids is 3. The third-order valence-electron chi connectivity index (χ3n) is 5.30. The van der Waals surface area contributed by atoms with Crippen molar-refractivity contribution in [2.45, 2.75) is 40.0 Å². The zero-order valence-electron chi connectivity index (χ0n) is 17.2. The van der Waals surface area contributed by atoms with Crippen LogP contribution in [0.15, 0.2) is 0 Å². The van der Waals surface area contributed by atoms with Crippen molar-refractivity contribution in [3.63, 3.8) is 0 Å². The van der Waals surface area contributed by atoms with Gasteiger partial charge in [-0.05, 0) is 59.0 Å². The topological polar surface area (TPSA) is 99.0 Å². The highest BCUT2D eigenvalue weighted by molar-refractivity contribution is 5.92. The molecule has 0 aromatic carbocycles. The Morgan fingerprint density at radius 1 is 1.07 bits per heavy atom. The van der Waals surface area contributed by atoms with Gasteiger partial charge in [0.25, 0.3) is 0 Å². The lowest BCUT2D eigenvalue weighted by Gasteiger charge is -2.34. The predicted molar refractivity (Wildman–Crippen MR) is 106 cm³/mol. The van der Waals surface area contributed by atoms with Crippen LogP contribution in [0.5, 0.6) is 0 Å². The van der Waals surface area contributed by atoms with Crippen LogP contribution in [-0.4, -0.2) is 91.3 Å². The fourth-order valence-corrected chi connectivity index (χ4v) is 3.41. The van der Waals surface area contributed by atoms with Gasteiger partial charge in [0, 0.05) is 26.2 Å². The lowest BCUT2D eigenvalue weighted by atomic mass is 9.94. The summed E-state index contributed by atoms with van der Waals surface area (Å²) in [5.74, 6) is 0.922. The van der Waals surface area contributed by atoms with Crippen LogP contribution in [-0.2, 0) is 14.4 Å². The fraction of sp³-hybridized carbons (Fsp3) is 0.842. The number of piperidine rings is 1. The van der Waals surface area contributed by atoms with Gasteiger partial charge in [0.2, 0.25) is 17.7 Å². The maximum Gasteiger partial charge on any atom is 0.242 e. The first-order chi connectivity index (χ1) is 13.0. The molecule has 3 N–H and O–H groups in total. The summed E-state index contributed by atoms with van der Waals surface area (Å²) in [4.78, 5) is 39.5. The minimum Gasteiger partial charge on any atom is -0.342 e. The van der Waals surface area contributed by atoms with Gasteiger partial charge < -0.3 is 25.8 Å². The highest BCUT2D eigenvalue weighted by Gasteiger charge is 2.29. The summed E-state index contributed by atoms with van der Waals surface area (Å²) in [5, 5.41) is 3.34. The number of nitrogens with zero attached hydrogens (tertiary/aromatic N) is 3. The van der Waals surface area contributed by atoms with Gasteiger partial charge in [-0.25, -0.2) is 0 Å². The second-order valence-electron chi connectivity index (χ2n) is 6.98. The number of amides is 3. The number of nitrogens with two attached hydrogens (primary N) is 1. The normalized spacial score (nSPS) is 18.2. The van der Waals surface area contributed by atoms with Gasteiger partial charge in [-0.1, -0.05) is 0 Å². The molecule has 0 aromatic heterocycles. The van der Waals surface area contributed by atoms with E-state index in [9.17, 15) is 14.4 Å². The molecule has 2 rings (SSSR count). The third-order valence-corrected chi connectivity index (χ3v) is 5.30. The molecule has 0 atom stereocenters. The standard InChI is InChI=1S/C13H23N3O2.C6H14N2O/c1-2-15-9-13(18)16(10-12(15)17)8-5-11-3-6-14-7-4-11;1-3-8(4-2)6(9)5-7/h11,14H,2-10H2,1H3;3-5,7H2,1-2H3. The Bertz CT molecular complexity index is 476. The second-order valence-corrected chi connectivity index (χ2v) is 6.98. The third kappa shape index (κ3) is 7.84. The molecule has 0 radical (unpaired) electrons. The quantitative estimate of drug-likeness (QED) is 0.639. The van der Waals surface area contributed by atoms with Crippen LogP contribution in [0.2, 0.25) is 0 Å². The van der Waals surface area contributed by atoms with E-state index in [0.717, 1.165) is 39.1 Å².